The molecule has 3 N–H and O–H groups in total. The summed E-state index contributed by atoms with van der Waals surface area (Å²) >= 11 is 0. The van der Waals surface area contributed by atoms with Gasteiger partial charge in [0.15, 0.2) is 0 Å². The molecular formula is C20H21N3O3. The van der Waals surface area contributed by atoms with Crippen molar-refractivity contribution in [3.05, 3.63) is 59.2 Å². The fourth-order valence-corrected chi connectivity index (χ4v) is 3.11. The van der Waals surface area contributed by atoms with E-state index in [9.17, 15) is 14.4 Å². The molecular weight excluding hydrogens is 330 g/mol. The largest absolute Gasteiger partial charge is 0.366 e. The van der Waals surface area contributed by atoms with E-state index in [4.69, 9.17) is 5.73 Å². The Morgan fingerprint density at radius 2 is 1.81 bits per heavy atom. The molecule has 6 heteroatoms. The number of aryl methyl sites for hydroxylation is 1. The SMILES string of the molecule is Cc1cccc(N2C[C@@H](C(=O)Nc3ccc(C(N)=O)cc3)CC2=O)c1C. The smallest absolute Gasteiger partial charge is 0.248 e. The van der Waals surface area contributed by atoms with Crippen molar-refractivity contribution in [3.8, 4) is 0 Å². The van der Waals surface area contributed by atoms with Crippen molar-refractivity contribution in [1.29, 1.82) is 0 Å². The summed E-state index contributed by atoms with van der Waals surface area (Å²) in [6, 6.07) is 12.2. The summed E-state index contributed by atoms with van der Waals surface area (Å²) in [4.78, 5) is 37.7. The molecule has 0 aromatic heterocycles. The Morgan fingerprint density at radius 1 is 1.12 bits per heavy atom. The fraction of sp³-hybridized carbons (Fsp3) is 0.250. The number of carbonyl (C=O) groups is 3. The topological polar surface area (TPSA) is 92.5 Å². The van der Waals surface area contributed by atoms with Crippen LogP contribution in [0.2, 0.25) is 0 Å². The molecule has 0 spiro atoms. The number of carbonyl (C=O) groups excluding carboxylic acids is 3. The summed E-state index contributed by atoms with van der Waals surface area (Å²) in [7, 11) is 0. The average molecular weight is 351 g/mol. The predicted octanol–water partition coefficient (Wildman–Crippen LogP) is 2.39. The van der Waals surface area contributed by atoms with Crippen LogP contribution in [0.3, 0.4) is 0 Å². The van der Waals surface area contributed by atoms with E-state index >= 15 is 0 Å². The van der Waals surface area contributed by atoms with E-state index in [1.54, 1.807) is 29.2 Å². The van der Waals surface area contributed by atoms with E-state index in [2.05, 4.69) is 5.32 Å². The van der Waals surface area contributed by atoms with Gasteiger partial charge in [0.25, 0.3) is 0 Å². The second-order valence-corrected chi connectivity index (χ2v) is 6.56. The van der Waals surface area contributed by atoms with Crippen molar-refractivity contribution in [3.63, 3.8) is 0 Å². The lowest BCUT2D eigenvalue weighted by atomic mass is 10.1. The molecule has 6 nitrogen and oxygen atoms in total. The molecule has 26 heavy (non-hydrogen) atoms. The normalized spacial score (nSPS) is 16.6. The van der Waals surface area contributed by atoms with Crippen LogP contribution in [-0.4, -0.2) is 24.3 Å². The number of amides is 3. The van der Waals surface area contributed by atoms with E-state index in [0.717, 1.165) is 16.8 Å². The van der Waals surface area contributed by atoms with Crippen LogP contribution in [0.15, 0.2) is 42.5 Å². The molecule has 3 rings (SSSR count). The molecule has 2 aromatic carbocycles. The summed E-state index contributed by atoms with van der Waals surface area (Å²) in [5, 5.41) is 2.80. The number of rotatable bonds is 4. The third-order valence-electron chi connectivity index (χ3n) is 4.80. The lowest BCUT2D eigenvalue weighted by Gasteiger charge is -2.20. The van der Waals surface area contributed by atoms with Crippen LogP contribution in [0.25, 0.3) is 0 Å². The minimum atomic E-state index is -0.520. The van der Waals surface area contributed by atoms with Gasteiger partial charge in [-0.05, 0) is 55.3 Å². The summed E-state index contributed by atoms with van der Waals surface area (Å²) in [5.41, 5.74) is 9.16. The number of hydrogen-bond acceptors (Lipinski definition) is 3. The van der Waals surface area contributed by atoms with Crippen LogP contribution in [0, 0.1) is 19.8 Å². The van der Waals surface area contributed by atoms with Gasteiger partial charge >= 0.3 is 0 Å². The van der Waals surface area contributed by atoms with Crippen molar-refractivity contribution < 1.29 is 14.4 Å². The van der Waals surface area contributed by atoms with Gasteiger partial charge in [-0.2, -0.15) is 0 Å². The van der Waals surface area contributed by atoms with Crippen LogP contribution in [0.5, 0.6) is 0 Å². The molecule has 2 aromatic rings. The fourth-order valence-electron chi connectivity index (χ4n) is 3.11. The first-order chi connectivity index (χ1) is 12.4. The van der Waals surface area contributed by atoms with Crippen molar-refractivity contribution in [2.75, 3.05) is 16.8 Å². The minimum Gasteiger partial charge on any atom is -0.366 e. The molecule has 0 bridgehead atoms. The van der Waals surface area contributed by atoms with Gasteiger partial charge in [0.1, 0.15) is 0 Å². The zero-order valence-electron chi connectivity index (χ0n) is 14.8. The second-order valence-electron chi connectivity index (χ2n) is 6.56. The summed E-state index contributed by atoms with van der Waals surface area (Å²) in [5.74, 6) is -1.20. The lowest BCUT2D eigenvalue weighted by molar-refractivity contribution is -0.122. The lowest BCUT2D eigenvalue weighted by Crippen LogP contribution is -2.28. The van der Waals surface area contributed by atoms with Crippen LogP contribution in [-0.2, 0) is 9.59 Å². The highest BCUT2D eigenvalue weighted by Crippen LogP contribution is 2.30. The van der Waals surface area contributed by atoms with Crippen molar-refractivity contribution in [1.82, 2.24) is 0 Å². The van der Waals surface area contributed by atoms with E-state index in [1.165, 1.54) is 0 Å². The Balaban J connectivity index is 1.71. The number of primary amides is 1. The van der Waals surface area contributed by atoms with Gasteiger partial charge in [-0.3, -0.25) is 14.4 Å². The molecule has 1 aliphatic heterocycles. The molecule has 0 unspecified atom stereocenters. The Hall–Kier alpha value is -3.15. The van der Waals surface area contributed by atoms with Gasteiger partial charge in [-0.15, -0.1) is 0 Å². The zero-order valence-corrected chi connectivity index (χ0v) is 14.8. The van der Waals surface area contributed by atoms with Gasteiger partial charge in [0, 0.05) is 29.9 Å². The molecule has 0 saturated carbocycles. The standard InChI is InChI=1S/C20H21N3O3/c1-12-4-3-5-17(13(12)2)23-11-15(10-18(23)24)20(26)22-16-8-6-14(7-9-16)19(21)25/h3-9,15H,10-11H2,1-2H3,(H2,21,25)(H,22,26)/t15-/m0/s1. The maximum Gasteiger partial charge on any atom is 0.248 e. The third-order valence-corrected chi connectivity index (χ3v) is 4.80. The average Bonchev–Trinajstić information content (AvgIpc) is 2.99. The first-order valence-corrected chi connectivity index (χ1v) is 8.44. The monoisotopic (exact) mass is 351 g/mol. The van der Waals surface area contributed by atoms with Gasteiger partial charge in [0.05, 0.1) is 5.92 Å². The highest BCUT2D eigenvalue weighted by molar-refractivity contribution is 6.04. The zero-order chi connectivity index (χ0) is 18.8. The van der Waals surface area contributed by atoms with Gasteiger partial charge < -0.3 is 16.0 Å². The Morgan fingerprint density at radius 3 is 2.46 bits per heavy atom. The predicted molar refractivity (Wildman–Crippen MR) is 100.0 cm³/mol. The molecule has 134 valence electrons. The number of nitrogens with one attached hydrogen (secondary N) is 1. The maximum atomic E-state index is 12.5. The van der Waals surface area contributed by atoms with Crippen LogP contribution in [0.1, 0.15) is 27.9 Å². The van der Waals surface area contributed by atoms with Crippen molar-refractivity contribution in [2.45, 2.75) is 20.3 Å². The molecule has 1 fully saturated rings. The molecule has 1 aliphatic rings. The van der Waals surface area contributed by atoms with Crippen LogP contribution >= 0.6 is 0 Å². The van der Waals surface area contributed by atoms with E-state index in [-0.39, 0.29) is 18.2 Å². The van der Waals surface area contributed by atoms with Crippen LogP contribution < -0.4 is 16.0 Å². The van der Waals surface area contributed by atoms with E-state index in [1.807, 2.05) is 32.0 Å². The van der Waals surface area contributed by atoms with E-state index < -0.39 is 11.8 Å². The molecule has 0 aliphatic carbocycles. The number of hydrogen-bond donors (Lipinski definition) is 2. The third kappa shape index (κ3) is 3.44. The number of nitrogens with two attached hydrogens (primary N) is 1. The minimum absolute atomic E-state index is 0.0528. The number of benzene rings is 2. The molecule has 1 atom stereocenters. The highest BCUT2D eigenvalue weighted by Gasteiger charge is 2.35. The first kappa shape index (κ1) is 17.7. The number of nitrogens with zero attached hydrogens (tertiary/aromatic N) is 1. The molecule has 0 radical (unpaired) electrons. The molecule has 1 saturated heterocycles. The van der Waals surface area contributed by atoms with E-state index in [0.29, 0.717) is 17.8 Å². The Kier molecular flexibility index (Phi) is 4.75. The van der Waals surface area contributed by atoms with Gasteiger partial charge in [-0.1, -0.05) is 12.1 Å². The number of anilines is 2. The second kappa shape index (κ2) is 7.00. The van der Waals surface area contributed by atoms with Gasteiger partial charge in [0.2, 0.25) is 17.7 Å². The summed E-state index contributed by atoms with van der Waals surface area (Å²) in [6.07, 6.45) is 0.179. The quantitative estimate of drug-likeness (QED) is 0.886. The molecule has 1 heterocycles. The Bertz CT molecular complexity index is 874. The first-order valence-electron chi connectivity index (χ1n) is 8.44. The van der Waals surface area contributed by atoms with Crippen molar-refractivity contribution >= 4 is 29.1 Å². The maximum absolute atomic E-state index is 12.5. The summed E-state index contributed by atoms with van der Waals surface area (Å²) in [6.45, 7) is 4.33. The highest BCUT2D eigenvalue weighted by atomic mass is 16.2. The van der Waals surface area contributed by atoms with Crippen molar-refractivity contribution in [2.24, 2.45) is 11.7 Å². The van der Waals surface area contributed by atoms with Crippen LogP contribution in [0.4, 0.5) is 11.4 Å². The molecule has 3 amide bonds. The van der Waals surface area contributed by atoms with Gasteiger partial charge in [-0.25, -0.2) is 0 Å². The Labute approximate surface area is 152 Å². The summed E-state index contributed by atoms with van der Waals surface area (Å²) < 4.78 is 0.